The quantitative estimate of drug-likeness (QED) is 0.644. The van der Waals surface area contributed by atoms with Gasteiger partial charge < -0.3 is 15.4 Å². The number of carbonyl (C=O) groups is 1. The number of thioether (sulfide) groups is 1. The molecule has 1 unspecified atom stereocenters. The van der Waals surface area contributed by atoms with E-state index in [4.69, 9.17) is 4.74 Å². The molecule has 0 radical (unpaired) electrons. The van der Waals surface area contributed by atoms with Gasteiger partial charge in [-0.25, -0.2) is 0 Å². The van der Waals surface area contributed by atoms with Gasteiger partial charge >= 0.3 is 0 Å². The normalized spacial score (nSPS) is 21.3. The summed E-state index contributed by atoms with van der Waals surface area (Å²) in [6.45, 7) is 3.17. The van der Waals surface area contributed by atoms with Crippen LogP contribution in [-0.4, -0.2) is 50.3 Å². The Bertz CT molecular complexity index is 184. The highest BCUT2D eigenvalue weighted by atomic mass is 32.2. The van der Waals surface area contributed by atoms with E-state index in [9.17, 15) is 4.79 Å². The first-order valence-electron chi connectivity index (χ1n) is 5.41. The van der Waals surface area contributed by atoms with Crippen molar-refractivity contribution in [2.45, 2.75) is 18.9 Å². The molecule has 0 spiro atoms. The van der Waals surface area contributed by atoms with Gasteiger partial charge in [0.15, 0.2) is 0 Å². The van der Waals surface area contributed by atoms with Gasteiger partial charge in [-0.3, -0.25) is 4.79 Å². The molecule has 0 aliphatic carbocycles. The van der Waals surface area contributed by atoms with Crippen LogP contribution >= 0.6 is 11.8 Å². The van der Waals surface area contributed by atoms with Crippen LogP contribution in [0.25, 0.3) is 0 Å². The molecule has 2 N–H and O–H groups in total. The first kappa shape index (κ1) is 12.8. The van der Waals surface area contributed by atoms with Crippen molar-refractivity contribution < 1.29 is 9.53 Å². The lowest BCUT2D eigenvalue weighted by molar-refractivity contribution is -0.124. The zero-order valence-corrected chi connectivity index (χ0v) is 10.1. The Kier molecular flexibility index (Phi) is 6.80. The highest BCUT2D eigenvalue weighted by Crippen LogP contribution is 2.01. The molecule has 15 heavy (non-hydrogen) atoms. The van der Waals surface area contributed by atoms with Gasteiger partial charge in [0.1, 0.15) is 0 Å². The molecule has 0 aromatic rings. The Labute approximate surface area is 95.5 Å². The summed E-state index contributed by atoms with van der Waals surface area (Å²) >= 11 is 1.80. The van der Waals surface area contributed by atoms with Gasteiger partial charge in [-0.15, -0.1) is 0 Å². The lowest BCUT2D eigenvalue weighted by Gasteiger charge is -2.23. The van der Waals surface area contributed by atoms with Gasteiger partial charge in [-0.05, 0) is 18.4 Å². The smallest absolute Gasteiger partial charge is 0.222 e. The molecule has 1 saturated heterocycles. The van der Waals surface area contributed by atoms with E-state index in [0.717, 1.165) is 31.8 Å². The van der Waals surface area contributed by atoms with E-state index >= 15 is 0 Å². The van der Waals surface area contributed by atoms with E-state index in [-0.39, 0.29) is 12.0 Å². The second-order valence-electron chi connectivity index (χ2n) is 3.60. The summed E-state index contributed by atoms with van der Waals surface area (Å²) in [7, 11) is 0. The second kappa shape index (κ2) is 7.96. The summed E-state index contributed by atoms with van der Waals surface area (Å²) in [5.41, 5.74) is 0. The van der Waals surface area contributed by atoms with Crippen LogP contribution in [0.3, 0.4) is 0 Å². The Morgan fingerprint density at radius 2 is 2.53 bits per heavy atom. The Morgan fingerprint density at radius 3 is 3.20 bits per heavy atom. The van der Waals surface area contributed by atoms with Crippen LogP contribution in [0.5, 0.6) is 0 Å². The number of morpholine rings is 1. The van der Waals surface area contributed by atoms with E-state index in [0.29, 0.717) is 13.0 Å². The number of nitrogens with one attached hydrogen (secondary N) is 2. The molecule has 1 fully saturated rings. The van der Waals surface area contributed by atoms with Crippen LogP contribution in [0.2, 0.25) is 0 Å². The zero-order valence-electron chi connectivity index (χ0n) is 9.25. The molecule has 0 aromatic heterocycles. The molecule has 1 amide bonds. The SMILES string of the molecule is CSCCCNC(=O)CC1CNCCO1. The van der Waals surface area contributed by atoms with Crippen LogP contribution in [0.1, 0.15) is 12.8 Å². The first-order valence-corrected chi connectivity index (χ1v) is 6.80. The van der Waals surface area contributed by atoms with Gasteiger partial charge in [-0.2, -0.15) is 11.8 Å². The predicted molar refractivity (Wildman–Crippen MR) is 63.2 cm³/mol. The number of ether oxygens (including phenoxy) is 1. The van der Waals surface area contributed by atoms with Gasteiger partial charge in [-0.1, -0.05) is 0 Å². The predicted octanol–water partition coefficient (Wildman–Crippen LogP) is 0.234. The number of hydrogen-bond acceptors (Lipinski definition) is 4. The van der Waals surface area contributed by atoms with Crippen molar-refractivity contribution in [2.24, 2.45) is 0 Å². The monoisotopic (exact) mass is 232 g/mol. The lowest BCUT2D eigenvalue weighted by Crippen LogP contribution is -2.41. The van der Waals surface area contributed by atoms with Crippen molar-refractivity contribution in [3.05, 3.63) is 0 Å². The lowest BCUT2D eigenvalue weighted by atomic mass is 10.2. The molecule has 1 aliphatic rings. The average molecular weight is 232 g/mol. The third-order valence-corrected chi connectivity index (χ3v) is 2.96. The van der Waals surface area contributed by atoms with Crippen LogP contribution in [0.4, 0.5) is 0 Å². The molecule has 1 rings (SSSR count). The standard InChI is InChI=1S/C10H20N2O2S/c1-15-6-2-3-12-10(13)7-9-8-11-4-5-14-9/h9,11H,2-8H2,1H3,(H,12,13). The zero-order chi connectivity index (χ0) is 10.9. The first-order chi connectivity index (χ1) is 7.33. The highest BCUT2D eigenvalue weighted by Gasteiger charge is 2.16. The average Bonchev–Trinajstić information content (AvgIpc) is 2.26. The molecule has 1 heterocycles. The van der Waals surface area contributed by atoms with Gasteiger partial charge in [0, 0.05) is 19.6 Å². The summed E-state index contributed by atoms with van der Waals surface area (Å²) < 4.78 is 5.45. The van der Waals surface area contributed by atoms with Crippen molar-refractivity contribution in [3.8, 4) is 0 Å². The van der Waals surface area contributed by atoms with Gasteiger partial charge in [0.2, 0.25) is 5.91 Å². The van der Waals surface area contributed by atoms with Crippen LogP contribution < -0.4 is 10.6 Å². The number of amides is 1. The van der Waals surface area contributed by atoms with Crippen LogP contribution in [-0.2, 0) is 9.53 Å². The maximum absolute atomic E-state index is 11.4. The number of rotatable bonds is 6. The van der Waals surface area contributed by atoms with Crippen LogP contribution in [0.15, 0.2) is 0 Å². The van der Waals surface area contributed by atoms with E-state index in [1.165, 1.54) is 0 Å². The Morgan fingerprint density at radius 1 is 1.67 bits per heavy atom. The summed E-state index contributed by atoms with van der Waals surface area (Å²) in [4.78, 5) is 11.4. The van der Waals surface area contributed by atoms with Crippen molar-refractivity contribution in [3.63, 3.8) is 0 Å². The maximum Gasteiger partial charge on any atom is 0.222 e. The Balaban J connectivity index is 2.01. The van der Waals surface area contributed by atoms with E-state index in [2.05, 4.69) is 16.9 Å². The molecule has 0 saturated carbocycles. The topological polar surface area (TPSA) is 50.4 Å². The fourth-order valence-electron chi connectivity index (χ4n) is 1.47. The molecule has 1 aliphatic heterocycles. The third-order valence-electron chi connectivity index (χ3n) is 2.26. The molecule has 0 bridgehead atoms. The minimum atomic E-state index is 0.0549. The maximum atomic E-state index is 11.4. The van der Waals surface area contributed by atoms with Gasteiger partial charge in [0.25, 0.3) is 0 Å². The van der Waals surface area contributed by atoms with Crippen molar-refractivity contribution >= 4 is 17.7 Å². The van der Waals surface area contributed by atoms with E-state index < -0.39 is 0 Å². The second-order valence-corrected chi connectivity index (χ2v) is 4.58. The molecular formula is C10H20N2O2S. The molecule has 4 nitrogen and oxygen atoms in total. The summed E-state index contributed by atoms with van der Waals surface area (Å²) in [5.74, 6) is 1.20. The van der Waals surface area contributed by atoms with Gasteiger partial charge in [0.05, 0.1) is 19.1 Å². The molecule has 1 atom stereocenters. The van der Waals surface area contributed by atoms with E-state index in [1.807, 2.05) is 0 Å². The third kappa shape index (κ3) is 6.02. The molecule has 0 aromatic carbocycles. The van der Waals surface area contributed by atoms with E-state index in [1.54, 1.807) is 11.8 Å². The fourth-order valence-corrected chi connectivity index (χ4v) is 1.91. The summed E-state index contributed by atoms with van der Waals surface area (Å²) in [6, 6.07) is 0. The van der Waals surface area contributed by atoms with Crippen LogP contribution in [0, 0.1) is 0 Å². The minimum Gasteiger partial charge on any atom is -0.375 e. The largest absolute Gasteiger partial charge is 0.375 e. The highest BCUT2D eigenvalue weighted by molar-refractivity contribution is 7.98. The Hall–Kier alpha value is -0.260. The number of carbonyl (C=O) groups excluding carboxylic acids is 1. The van der Waals surface area contributed by atoms with Crippen molar-refractivity contribution in [1.29, 1.82) is 0 Å². The number of hydrogen-bond donors (Lipinski definition) is 2. The summed E-state index contributed by atoms with van der Waals surface area (Å²) in [6.07, 6.45) is 3.64. The minimum absolute atomic E-state index is 0.0549. The molecule has 5 heteroatoms. The molecule has 88 valence electrons. The summed E-state index contributed by atoms with van der Waals surface area (Å²) in [5, 5.41) is 6.11. The molecular weight excluding hydrogens is 212 g/mol. The van der Waals surface area contributed by atoms with Crippen molar-refractivity contribution in [2.75, 3.05) is 38.2 Å². The van der Waals surface area contributed by atoms with Crippen molar-refractivity contribution in [1.82, 2.24) is 10.6 Å². The fraction of sp³-hybridized carbons (Fsp3) is 0.900.